The number of nitrogens with one attached hydrogen (secondary N) is 2. The molecule has 0 spiro atoms. The maximum absolute atomic E-state index is 12.3. The van der Waals surface area contributed by atoms with E-state index in [-0.39, 0.29) is 22.8 Å². The van der Waals surface area contributed by atoms with Crippen LogP contribution in [0.5, 0.6) is 5.75 Å². The molecule has 3 aromatic rings. The molecular weight excluding hydrogens is 446 g/mol. The molecule has 3 rings (SSSR count). The molecule has 0 unspecified atom stereocenters. The van der Waals surface area contributed by atoms with Crippen molar-refractivity contribution in [3.8, 4) is 17.1 Å². The number of thioether (sulfide) groups is 1. The first kappa shape index (κ1) is 25.2. The Morgan fingerprint density at radius 2 is 2.00 bits per heavy atom. The van der Waals surface area contributed by atoms with Crippen LogP contribution in [0.1, 0.15) is 44.4 Å². The number of para-hydroxylation sites is 1. The highest BCUT2D eigenvalue weighted by molar-refractivity contribution is 7.99. The molecule has 0 bridgehead atoms. The molecule has 1 heterocycles. The summed E-state index contributed by atoms with van der Waals surface area (Å²) in [6.45, 7) is 13.0. The van der Waals surface area contributed by atoms with Gasteiger partial charge >= 0.3 is 5.16 Å². The first-order valence-corrected chi connectivity index (χ1v) is 12.2. The fourth-order valence-corrected chi connectivity index (χ4v) is 4.25. The molecule has 0 radical (unpaired) electrons. The average molecular weight is 479 g/mol. The third kappa shape index (κ3) is 6.14. The molecule has 2 aromatic carbocycles. The Hall–Kier alpha value is -3.39. The lowest BCUT2D eigenvalue weighted by atomic mass is 9.87. The lowest BCUT2D eigenvalue weighted by Crippen LogP contribution is -2.36. The van der Waals surface area contributed by atoms with Crippen LogP contribution < -0.4 is 9.99 Å². The van der Waals surface area contributed by atoms with Gasteiger partial charge in [0.1, 0.15) is 5.75 Å². The van der Waals surface area contributed by atoms with E-state index in [1.807, 2.05) is 19.1 Å². The Kier molecular flexibility index (Phi) is 8.28. The van der Waals surface area contributed by atoms with Gasteiger partial charge < -0.3 is 5.11 Å². The van der Waals surface area contributed by atoms with Crippen molar-refractivity contribution >= 4 is 23.9 Å². The molecule has 7 nitrogen and oxygen atoms in total. The minimum atomic E-state index is -0.260. The fraction of sp³-hybridized carbons (Fsp3) is 0.308. The van der Waals surface area contributed by atoms with Crippen molar-refractivity contribution in [2.75, 3.05) is 5.75 Å². The number of hydrogen-bond acceptors (Lipinski definition) is 5. The zero-order valence-corrected chi connectivity index (χ0v) is 20.9. The highest BCUT2D eigenvalue weighted by atomic mass is 32.2. The molecule has 34 heavy (non-hydrogen) atoms. The number of hydrogen-bond donors (Lipinski definition) is 3. The van der Waals surface area contributed by atoms with Crippen molar-refractivity contribution < 1.29 is 14.5 Å². The Labute approximate surface area is 205 Å². The zero-order valence-electron chi connectivity index (χ0n) is 20.1. The number of phenolic OH excluding ortho intramolecular Hbond substituents is 1. The number of phenols is 1. The molecule has 3 N–H and O–H groups in total. The summed E-state index contributed by atoms with van der Waals surface area (Å²) in [7, 11) is 0. The number of nitrogens with zero attached hydrogens (tertiary/aromatic N) is 3. The van der Waals surface area contributed by atoms with Gasteiger partial charge in [0, 0.05) is 5.56 Å². The van der Waals surface area contributed by atoms with E-state index in [4.69, 9.17) is 0 Å². The zero-order chi connectivity index (χ0) is 24.7. The predicted molar refractivity (Wildman–Crippen MR) is 137 cm³/mol. The number of carbonyl (C=O) groups is 1. The Morgan fingerprint density at radius 3 is 2.65 bits per heavy atom. The second kappa shape index (κ2) is 11.2. The van der Waals surface area contributed by atoms with E-state index in [0.717, 1.165) is 28.7 Å². The van der Waals surface area contributed by atoms with Crippen molar-refractivity contribution in [1.82, 2.24) is 15.6 Å². The van der Waals surface area contributed by atoms with Crippen molar-refractivity contribution in [1.29, 1.82) is 0 Å². The van der Waals surface area contributed by atoms with Gasteiger partial charge in [0.2, 0.25) is 0 Å². The summed E-state index contributed by atoms with van der Waals surface area (Å²) >= 11 is 1.34. The Balaban J connectivity index is 1.62. The van der Waals surface area contributed by atoms with Crippen molar-refractivity contribution in [3.63, 3.8) is 0 Å². The summed E-state index contributed by atoms with van der Waals surface area (Å²) in [6, 6.07) is 13.8. The minimum Gasteiger partial charge on any atom is -0.507 e. The highest BCUT2D eigenvalue weighted by Gasteiger charge is 2.22. The number of amides is 1. The minimum absolute atomic E-state index is 0.0945. The first-order chi connectivity index (χ1) is 16.2. The molecule has 0 aliphatic rings. The molecule has 0 fully saturated rings. The quantitative estimate of drug-likeness (QED) is 0.140. The number of aromatic nitrogens is 3. The van der Waals surface area contributed by atoms with Crippen LogP contribution in [0.2, 0.25) is 0 Å². The normalized spacial score (nSPS) is 11.6. The van der Waals surface area contributed by atoms with Crippen LogP contribution in [0.25, 0.3) is 11.4 Å². The number of aromatic amines is 1. The lowest BCUT2D eigenvalue weighted by molar-refractivity contribution is -0.719. The van der Waals surface area contributed by atoms with E-state index in [1.165, 1.54) is 23.5 Å². The third-order valence-electron chi connectivity index (χ3n) is 5.34. The first-order valence-electron chi connectivity index (χ1n) is 11.2. The Morgan fingerprint density at radius 1 is 1.26 bits per heavy atom. The molecule has 0 atom stereocenters. The molecule has 0 saturated carbocycles. The number of aromatic hydroxyl groups is 1. The van der Waals surface area contributed by atoms with Gasteiger partial charge in [0.25, 0.3) is 11.7 Å². The van der Waals surface area contributed by atoms with Crippen LogP contribution in [-0.4, -0.2) is 33.2 Å². The van der Waals surface area contributed by atoms with Gasteiger partial charge in [-0.05, 0) is 59.8 Å². The number of benzene rings is 2. The molecule has 0 aliphatic heterocycles. The van der Waals surface area contributed by atoms with E-state index in [1.54, 1.807) is 12.1 Å². The molecule has 1 aromatic heterocycles. The predicted octanol–water partition coefficient (Wildman–Crippen LogP) is 4.36. The van der Waals surface area contributed by atoms with E-state index >= 15 is 0 Å². The van der Waals surface area contributed by atoms with Gasteiger partial charge in [-0.25, -0.2) is 9.99 Å². The van der Waals surface area contributed by atoms with Gasteiger partial charge in [-0.2, -0.15) is 5.10 Å². The maximum atomic E-state index is 12.3. The number of carbonyl (C=O) groups excluding carboxylic acids is 1. The van der Waals surface area contributed by atoms with Gasteiger partial charge in [-0.15, -0.1) is 11.7 Å². The lowest BCUT2D eigenvalue weighted by Gasteiger charge is -2.18. The SMILES string of the molecule is C=CCc1cccc(C=NNC(=O)CSc2n[nH]c(-c3ccc(C(C)(C)C)cc3)[n+]2CC)c1O. The molecule has 1 amide bonds. The van der Waals surface area contributed by atoms with Crippen LogP contribution in [0.3, 0.4) is 0 Å². The maximum Gasteiger partial charge on any atom is 0.337 e. The van der Waals surface area contributed by atoms with E-state index in [0.29, 0.717) is 12.0 Å². The Bertz CT molecular complexity index is 1180. The van der Waals surface area contributed by atoms with Crippen molar-refractivity contribution in [2.45, 2.75) is 51.2 Å². The summed E-state index contributed by atoms with van der Waals surface area (Å²) in [5, 5.41) is 22.5. The van der Waals surface area contributed by atoms with Crippen LogP contribution in [-0.2, 0) is 23.2 Å². The van der Waals surface area contributed by atoms with Crippen LogP contribution in [0.15, 0.2) is 65.4 Å². The fourth-order valence-electron chi connectivity index (χ4n) is 3.44. The molecule has 8 heteroatoms. The van der Waals surface area contributed by atoms with Gasteiger partial charge in [0.05, 0.1) is 29.2 Å². The smallest absolute Gasteiger partial charge is 0.337 e. The topological polar surface area (TPSA) is 94.2 Å². The largest absolute Gasteiger partial charge is 0.507 e. The highest BCUT2D eigenvalue weighted by Crippen LogP contribution is 2.25. The van der Waals surface area contributed by atoms with Gasteiger partial charge in [0.15, 0.2) is 0 Å². The van der Waals surface area contributed by atoms with Crippen LogP contribution in [0.4, 0.5) is 0 Å². The average Bonchev–Trinajstić information content (AvgIpc) is 3.22. The second-order valence-corrected chi connectivity index (χ2v) is 9.80. The van der Waals surface area contributed by atoms with Gasteiger partial charge in [-0.1, -0.05) is 51.1 Å². The monoisotopic (exact) mass is 478 g/mol. The van der Waals surface area contributed by atoms with E-state index in [2.05, 4.69) is 76.9 Å². The number of rotatable bonds is 9. The summed E-state index contributed by atoms with van der Waals surface area (Å²) in [6.07, 6.45) is 3.71. The molecular formula is C26H32N5O2S+. The number of hydrazone groups is 1. The van der Waals surface area contributed by atoms with Gasteiger partial charge in [-0.3, -0.25) is 4.79 Å². The van der Waals surface area contributed by atoms with Crippen LogP contribution >= 0.6 is 11.8 Å². The number of H-pyrrole nitrogens is 1. The van der Waals surface area contributed by atoms with Crippen molar-refractivity contribution in [2.24, 2.45) is 5.10 Å². The molecule has 0 aliphatic carbocycles. The summed E-state index contributed by atoms with van der Waals surface area (Å²) in [5.74, 6) is 0.939. The molecule has 0 saturated heterocycles. The summed E-state index contributed by atoms with van der Waals surface area (Å²) < 4.78 is 2.05. The van der Waals surface area contributed by atoms with E-state index < -0.39 is 0 Å². The molecule has 178 valence electrons. The summed E-state index contributed by atoms with van der Waals surface area (Å²) in [4.78, 5) is 12.3. The third-order valence-corrected chi connectivity index (χ3v) is 6.32. The van der Waals surface area contributed by atoms with Crippen molar-refractivity contribution in [3.05, 3.63) is 71.8 Å². The number of allylic oxidation sites excluding steroid dienone is 1. The second-order valence-electron chi connectivity index (χ2n) is 8.86. The van der Waals surface area contributed by atoms with Crippen LogP contribution in [0, 0.1) is 0 Å². The van der Waals surface area contributed by atoms with E-state index in [9.17, 15) is 9.90 Å². The standard InChI is InChI=1S/C26H31N5O2S/c1-6-9-18-10-8-11-20(23(18)33)16-27-28-22(32)17-34-25-30-29-24(31(25)7-2)19-12-14-21(15-13-19)26(3,4)5/h6,8,10-16H,1,7,9,17H2,2-5H3,(H2,27,28,32,33)/p+1. The summed E-state index contributed by atoms with van der Waals surface area (Å²) in [5.41, 5.74) is 6.20.